The van der Waals surface area contributed by atoms with Crippen LogP contribution >= 0.6 is 0 Å². The first kappa shape index (κ1) is 16.4. The third kappa shape index (κ3) is 4.04. The monoisotopic (exact) mass is 294 g/mol. The molecule has 1 N–H and O–H groups in total. The van der Waals surface area contributed by atoms with Crippen molar-refractivity contribution in [1.82, 2.24) is 20.1 Å². The molecule has 120 valence electrons. The molecule has 0 radical (unpaired) electrons. The minimum atomic E-state index is 0.257. The van der Waals surface area contributed by atoms with E-state index in [1.165, 1.54) is 32.1 Å². The van der Waals surface area contributed by atoms with Crippen molar-refractivity contribution < 1.29 is 4.74 Å². The SMILES string of the molecule is CNC(Cc1ncnn1C(C)C)C(OC)C1CCCCC1. The fourth-order valence-electron chi connectivity index (χ4n) is 3.58. The van der Waals surface area contributed by atoms with Crippen molar-refractivity contribution in [2.24, 2.45) is 5.92 Å². The van der Waals surface area contributed by atoms with Crippen molar-refractivity contribution >= 4 is 0 Å². The molecule has 1 saturated carbocycles. The van der Waals surface area contributed by atoms with E-state index in [9.17, 15) is 0 Å². The summed E-state index contributed by atoms with van der Waals surface area (Å²) >= 11 is 0. The molecule has 1 heterocycles. The highest BCUT2D eigenvalue weighted by Crippen LogP contribution is 2.30. The molecule has 0 aliphatic heterocycles. The number of likely N-dealkylation sites (N-methyl/N-ethyl adjacent to an activating group) is 1. The Bertz CT molecular complexity index is 412. The van der Waals surface area contributed by atoms with E-state index in [0.717, 1.165) is 12.2 Å². The highest BCUT2D eigenvalue weighted by molar-refractivity contribution is 4.95. The maximum atomic E-state index is 5.87. The van der Waals surface area contributed by atoms with E-state index in [0.29, 0.717) is 18.0 Å². The Labute approximate surface area is 128 Å². The molecule has 0 spiro atoms. The summed E-state index contributed by atoms with van der Waals surface area (Å²) in [5.74, 6) is 1.71. The summed E-state index contributed by atoms with van der Waals surface area (Å²) in [6.07, 6.45) is 9.40. The van der Waals surface area contributed by atoms with Crippen molar-refractivity contribution in [3.05, 3.63) is 12.2 Å². The number of hydrogen-bond donors (Lipinski definition) is 1. The van der Waals surface area contributed by atoms with Gasteiger partial charge in [0.1, 0.15) is 12.2 Å². The predicted octanol–water partition coefficient (Wildman–Crippen LogP) is 2.58. The van der Waals surface area contributed by atoms with E-state index >= 15 is 0 Å². The second-order valence-electron chi connectivity index (χ2n) is 6.41. The summed E-state index contributed by atoms with van der Waals surface area (Å²) in [4.78, 5) is 4.44. The van der Waals surface area contributed by atoms with Gasteiger partial charge in [0, 0.05) is 25.6 Å². The van der Waals surface area contributed by atoms with Crippen molar-refractivity contribution in [2.75, 3.05) is 14.2 Å². The lowest BCUT2D eigenvalue weighted by molar-refractivity contribution is 0.00940. The Morgan fingerprint density at radius 1 is 1.33 bits per heavy atom. The van der Waals surface area contributed by atoms with Crippen LogP contribution in [0.1, 0.15) is 57.8 Å². The molecule has 5 heteroatoms. The zero-order valence-electron chi connectivity index (χ0n) is 13.9. The Hall–Kier alpha value is -0.940. The van der Waals surface area contributed by atoms with Crippen LogP contribution in [-0.2, 0) is 11.2 Å². The lowest BCUT2D eigenvalue weighted by Gasteiger charge is -2.34. The van der Waals surface area contributed by atoms with E-state index in [2.05, 4.69) is 29.2 Å². The number of nitrogens with zero attached hydrogens (tertiary/aromatic N) is 3. The van der Waals surface area contributed by atoms with E-state index in [-0.39, 0.29) is 6.10 Å². The Balaban J connectivity index is 2.07. The molecule has 0 amide bonds. The first-order valence-corrected chi connectivity index (χ1v) is 8.25. The Morgan fingerprint density at radius 3 is 2.62 bits per heavy atom. The van der Waals surface area contributed by atoms with Crippen LogP contribution in [0, 0.1) is 5.92 Å². The zero-order valence-corrected chi connectivity index (χ0v) is 13.9. The second-order valence-corrected chi connectivity index (χ2v) is 6.41. The molecule has 0 aromatic carbocycles. The highest BCUT2D eigenvalue weighted by atomic mass is 16.5. The summed E-state index contributed by atoms with van der Waals surface area (Å²) in [7, 11) is 3.87. The maximum Gasteiger partial charge on any atom is 0.138 e. The first-order valence-electron chi connectivity index (χ1n) is 8.25. The molecule has 0 saturated heterocycles. The number of nitrogens with one attached hydrogen (secondary N) is 1. The maximum absolute atomic E-state index is 5.87. The molecule has 0 bridgehead atoms. The second kappa shape index (κ2) is 7.90. The number of methoxy groups -OCH3 is 1. The largest absolute Gasteiger partial charge is 0.380 e. The van der Waals surface area contributed by atoms with Gasteiger partial charge in [-0.05, 0) is 39.7 Å². The summed E-state index contributed by atoms with van der Waals surface area (Å²) < 4.78 is 7.88. The molecule has 1 fully saturated rings. The van der Waals surface area contributed by atoms with Crippen LogP contribution in [0.5, 0.6) is 0 Å². The highest BCUT2D eigenvalue weighted by Gasteiger charge is 2.31. The van der Waals surface area contributed by atoms with Crippen LogP contribution in [0.15, 0.2) is 6.33 Å². The Kier molecular flexibility index (Phi) is 6.18. The summed E-state index contributed by atoms with van der Waals surface area (Å²) in [5.41, 5.74) is 0. The Morgan fingerprint density at radius 2 is 2.05 bits per heavy atom. The van der Waals surface area contributed by atoms with E-state index < -0.39 is 0 Å². The molecule has 1 aromatic rings. The molecular weight excluding hydrogens is 264 g/mol. The van der Waals surface area contributed by atoms with Crippen molar-refractivity contribution in [1.29, 1.82) is 0 Å². The van der Waals surface area contributed by atoms with Crippen molar-refractivity contribution in [3.63, 3.8) is 0 Å². The molecule has 5 nitrogen and oxygen atoms in total. The van der Waals surface area contributed by atoms with Crippen LogP contribution in [0.3, 0.4) is 0 Å². The van der Waals surface area contributed by atoms with Crippen molar-refractivity contribution in [3.8, 4) is 0 Å². The van der Waals surface area contributed by atoms with Gasteiger partial charge >= 0.3 is 0 Å². The van der Waals surface area contributed by atoms with Gasteiger partial charge in [-0.2, -0.15) is 5.10 Å². The number of hydrogen-bond acceptors (Lipinski definition) is 4. The lowest BCUT2D eigenvalue weighted by atomic mass is 9.81. The van der Waals surface area contributed by atoms with Crippen molar-refractivity contribution in [2.45, 2.75) is 70.6 Å². The van der Waals surface area contributed by atoms with Gasteiger partial charge in [-0.3, -0.25) is 0 Å². The van der Waals surface area contributed by atoms with Crippen LogP contribution in [0.4, 0.5) is 0 Å². The van der Waals surface area contributed by atoms with Gasteiger partial charge in [-0.25, -0.2) is 9.67 Å². The summed E-state index contributed by atoms with van der Waals surface area (Å²) in [5, 5.41) is 7.79. The van der Waals surface area contributed by atoms with Crippen LogP contribution in [-0.4, -0.2) is 41.1 Å². The van der Waals surface area contributed by atoms with E-state index in [1.807, 2.05) is 18.8 Å². The molecule has 1 aromatic heterocycles. The first-order chi connectivity index (χ1) is 10.2. The average molecular weight is 294 g/mol. The minimum Gasteiger partial charge on any atom is -0.380 e. The standard InChI is InChI=1S/C16H30N4O/c1-12(2)20-15(18-11-19-20)10-14(17-3)16(21-4)13-8-6-5-7-9-13/h11-14,16-17H,5-10H2,1-4H3. The quantitative estimate of drug-likeness (QED) is 0.840. The van der Waals surface area contributed by atoms with Crippen LogP contribution < -0.4 is 5.32 Å². The molecule has 21 heavy (non-hydrogen) atoms. The zero-order chi connectivity index (χ0) is 15.2. The predicted molar refractivity (Wildman–Crippen MR) is 84.3 cm³/mol. The fourth-order valence-corrected chi connectivity index (χ4v) is 3.58. The molecular formula is C16H30N4O. The third-order valence-electron chi connectivity index (χ3n) is 4.69. The average Bonchev–Trinajstić information content (AvgIpc) is 2.96. The molecule has 2 rings (SSSR count). The minimum absolute atomic E-state index is 0.257. The van der Waals surface area contributed by atoms with Crippen LogP contribution in [0.25, 0.3) is 0 Å². The van der Waals surface area contributed by atoms with E-state index in [4.69, 9.17) is 4.74 Å². The summed E-state index contributed by atoms with van der Waals surface area (Å²) in [6.45, 7) is 4.28. The van der Waals surface area contributed by atoms with Gasteiger partial charge in [0.2, 0.25) is 0 Å². The number of ether oxygens (including phenoxy) is 1. The van der Waals surface area contributed by atoms with Crippen LogP contribution in [0.2, 0.25) is 0 Å². The van der Waals surface area contributed by atoms with Gasteiger partial charge in [0.25, 0.3) is 0 Å². The van der Waals surface area contributed by atoms with Gasteiger partial charge in [0.15, 0.2) is 0 Å². The molecule has 2 atom stereocenters. The topological polar surface area (TPSA) is 52.0 Å². The molecule has 1 aliphatic carbocycles. The molecule has 1 aliphatic rings. The fraction of sp³-hybridized carbons (Fsp3) is 0.875. The normalized spacial score (nSPS) is 19.9. The molecule has 2 unspecified atom stereocenters. The lowest BCUT2D eigenvalue weighted by Crippen LogP contribution is -2.46. The van der Waals surface area contributed by atoms with Gasteiger partial charge in [-0.1, -0.05) is 19.3 Å². The van der Waals surface area contributed by atoms with Gasteiger partial charge in [-0.15, -0.1) is 0 Å². The van der Waals surface area contributed by atoms with E-state index in [1.54, 1.807) is 6.33 Å². The van der Waals surface area contributed by atoms with Gasteiger partial charge < -0.3 is 10.1 Å². The number of aromatic nitrogens is 3. The van der Waals surface area contributed by atoms with Gasteiger partial charge in [0.05, 0.1) is 6.10 Å². The third-order valence-corrected chi connectivity index (χ3v) is 4.69. The smallest absolute Gasteiger partial charge is 0.138 e. The number of rotatable bonds is 7. The summed E-state index contributed by atoms with van der Waals surface area (Å²) in [6, 6.07) is 0.635.